The number of nitrogens with one attached hydrogen (secondary N) is 1. The number of benzene rings is 2. The van der Waals surface area contributed by atoms with E-state index in [4.69, 9.17) is 9.15 Å². The molecule has 7 nitrogen and oxygen atoms in total. The second-order valence-electron chi connectivity index (χ2n) is 8.48. The molecular formula is C26H25N3O4S. The maximum Gasteiger partial charge on any atom is 0.291 e. The number of morpholine rings is 1. The molecule has 2 amide bonds. The minimum Gasteiger partial charge on any atom is -0.449 e. The minimum absolute atomic E-state index is 0.121. The van der Waals surface area contributed by atoms with Gasteiger partial charge in [-0.3, -0.25) is 9.59 Å². The van der Waals surface area contributed by atoms with Crippen molar-refractivity contribution in [3.8, 4) is 10.6 Å². The van der Waals surface area contributed by atoms with Crippen molar-refractivity contribution in [3.63, 3.8) is 0 Å². The van der Waals surface area contributed by atoms with Crippen molar-refractivity contribution in [2.75, 3.05) is 31.6 Å². The van der Waals surface area contributed by atoms with Crippen molar-refractivity contribution in [1.82, 2.24) is 9.88 Å². The van der Waals surface area contributed by atoms with E-state index in [-0.39, 0.29) is 17.6 Å². The number of thiazole rings is 1. The predicted molar refractivity (Wildman–Crippen MR) is 133 cm³/mol. The highest BCUT2D eigenvalue weighted by Crippen LogP contribution is 2.33. The molecule has 0 radical (unpaired) electrons. The summed E-state index contributed by atoms with van der Waals surface area (Å²) in [4.78, 5) is 32.5. The quantitative estimate of drug-likeness (QED) is 0.418. The van der Waals surface area contributed by atoms with Crippen LogP contribution >= 0.6 is 11.3 Å². The SMILES string of the molecule is CC(C)c1ccc(-c2nc(C(=O)Nc3c(C(=O)N4CCOCC4)oc4ccccc34)cs2)cc1. The Hall–Kier alpha value is -3.49. The number of nitrogens with zero attached hydrogens (tertiary/aromatic N) is 2. The van der Waals surface area contributed by atoms with Gasteiger partial charge in [0, 0.05) is 29.4 Å². The van der Waals surface area contributed by atoms with E-state index in [2.05, 4.69) is 36.3 Å². The number of aromatic nitrogens is 1. The van der Waals surface area contributed by atoms with Crippen LogP contribution in [0.5, 0.6) is 0 Å². The second kappa shape index (κ2) is 9.40. The molecule has 0 unspecified atom stereocenters. The van der Waals surface area contributed by atoms with Crippen molar-refractivity contribution in [3.05, 3.63) is 70.9 Å². The summed E-state index contributed by atoms with van der Waals surface area (Å²) < 4.78 is 11.2. The van der Waals surface area contributed by atoms with Crippen LogP contribution in [0.4, 0.5) is 5.69 Å². The molecule has 5 rings (SSSR count). The molecule has 0 saturated carbocycles. The molecule has 0 spiro atoms. The molecule has 4 aromatic rings. The highest BCUT2D eigenvalue weighted by Gasteiger charge is 2.28. The lowest BCUT2D eigenvalue weighted by molar-refractivity contribution is 0.0285. The summed E-state index contributed by atoms with van der Waals surface area (Å²) in [7, 11) is 0. The summed E-state index contributed by atoms with van der Waals surface area (Å²) in [5, 5.41) is 6.06. The van der Waals surface area contributed by atoms with Crippen LogP contribution < -0.4 is 5.32 Å². The fraction of sp³-hybridized carbons (Fsp3) is 0.269. The zero-order chi connectivity index (χ0) is 23.7. The van der Waals surface area contributed by atoms with E-state index in [1.54, 1.807) is 16.3 Å². The lowest BCUT2D eigenvalue weighted by Crippen LogP contribution is -2.40. The van der Waals surface area contributed by atoms with Gasteiger partial charge in [0.15, 0.2) is 0 Å². The summed E-state index contributed by atoms with van der Waals surface area (Å²) >= 11 is 1.41. The van der Waals surface area contributed by atoms with Crippen LogP contribution in [0.25, 0.3) is 21.5 Å². The maximum absolute atomic E-state index is 13.2. The molecule has 1 aliphatic rings. The van der Waals surface area contributed by atoms with E-state index in [0.717, 1.165) is 10.6 Å². The fourth-order valence-corrected chi connectivity index (χ4v) is 4.74. The summed E-state index contributed by atoms with van der Waals surface area (Å²) in [6.07, 6.45) is 0. The Morgan fingerprint density at radius 1 is 1.06 bits per heavy atom. The molecule has 1 saturated heterocycles. The van der Waals surface area contributed by atoms with Crippen molar-refractivity contribution >= 4 is 39.8 Å². The van der Waals surface area contributed by atoms with E-state index in [0.29, 0.717) is 54.6 Å². The molecule has 1 N–H and O–H groups in total. The second-order valence-corrected chi connectivity index (χ2v) is 9.33. The minimum atomic E-state index is -0.385. The van der Waals surface area contributed by atoms with Crippen LogP contribution in [0, 0.1) is 0 Å². The van der Waals surface area contributed by atoms with Gasteiger partial charge < -0.3 is 19.4 Å². The first-order valence-corrected chi connectivity index (χ1v) is 12.1. The van der Waals surface area contributed by atoms with Gasteiger partial charge in [-0.2, -0.15) is 0 Å². The van der Waals surface area contributed by atoms with Crippen molar-refractivity contribution < 1.29 is 18.7 Å². The number of amides is 2. The molecule has 2 aromatic carbocycles. The number of carbonyl (C=O) groups is 2. The number of hydrogen-bond donors (Lipinski definition) is 1. The average Bonchev–Trinajstić information content (AvgIpc) is 3.50. The summed E-state index contributed by atoms with van der Waals surface area (Å²) in [5.41, 5.74) is 3.42. The van der Waals surface area contributed by atoms with Gasteiger partial charge in [-0.1, -0.05) is 50.2 Å². The number of ether oxygens (including phenoxy) is 1. The lowest BCUT2D eigenvalue weighted by atomic mass is 10.0. The van der Waals surface area contributed by atoms with Crippen molar-refractivity contribution in [2.45, 2.75) is 19.8 Å². The van der Waals surface area contributed by atoms with E-state index in [9.17, 15) is 9.59 Å². The molecule has 0 aliphatic carbocycles. The van der Waals surface area contributed by atoms with Gasteiger partial charge in [0.1, 0.15) is 22.0 Å². The Labute approximate surface area is 201 Å². The molecule has 0 bridgehead atoms. The molecular weight excluding hydrogens is 450 g/mol. The Bertz CT molecular complexity index is 1330. The number of rotatable bonds is 5. The Morgan fingerprint density at radius 2 is 1.79 bits per heavy atom. The Balaban J connectivity index is 1.42. The highest BCUT2D eigenvalue weighted by atomic mass is 32.1. The highest BCUT2D eigenvalue weighted by molar-refractivity contribution is 7.13. The third kappa shape index (κ3) is 4.34. The van der Waals surface area contributed by atoms with Crippen LogP contribution in [0.15, 0.2) is 58.3 Å². The van der Waals surface area contributed by atoms with Gasteiger partial charge in [0.05, 0.1) is 13.2 Å². The lowest BCUT2D eigenvalue weighted by Gasteiger charge is -2.26. The zero-order valence-corrected chi connectivity index (χ0v) is 19.9. The van der Waals surface area contributed by atoms with Gasteiger partial charge >= 0.3 is 0 Å². The van der Waals surface area contributed by atoms with E-state index in [1.165, 1.54) is 16.9 Å². The molecule has 174 valence electrons. The Morgan fingerprint density at radius 3 is 2.53 bits per heavy atom. The summed E-state index contributed by atoms with van der Waals surface area (Å²) in [6, 6.07) is 15.5. The fourth-order valence-electron chi connectivity index (χ4n) is 3.93. The van der Waals surface area contributed by atoms with Crippen LogP contribution in [-0.2, 0) is 4.74 Å². The molecule has 34 heavy (non-hydrogen) atoms. The predicted octanol–water partition coefficient (Wildman–Crippen LogP) is 5.40. The number of hydrogen-bond acceptors (Lipinski definition) is 6. The third-order valence-corrected chi connectivity index (χ3v) is 6.78. The molecule has 3 heterocycles. The van der Waals surface area contributed by atoms with Crippen LogP contribution in [0.1, 0.15) is 46.4 Å². The van der Waals surface area contributed by atoms with Crippen LogP contribution in [-0.4, -0.2) is 48.0 Å². The number of anilines is 1. The van der Waals surface area contributed by atoms with Gasteiger partial charge in [-0.15, -0.1) is 11.3 Å². The number of fused-ring (bicyclic) bond motifs is 1. The maximum atomic E-state index is 13.2. The van der Waals surface area contributed by atoms with Gasteiger partial charge in [0.25, 0.3) is 11.8 Å². The zero-order valence-electron chi connectivity index (χ0n) is 19.0. The number of furan rings is 1. The number of para-hydroxylation sites is 1. The first kappa shape index (κ1) is 22.3. The Kier molecular flexibility index (Phi) is 6.17. The number of carbonyl (C=O) groups excluding carboxylic acids is 2. The van der Waals surface area contributed by atoms with Crippen molar-refractivity contribution in [2.24, 2.45) is 0 Å². The van der Waals surface area contributed by atoms with Gasteiger partial charge in [0.2, 0.25) is 5.76 Å². The largest absolute Gasteiger partial charge is 0.449 e. The van der Waals surface area contributed by atoms with Crippen molar-refractivity contribution in [1.29, 1.82) is 0 Å². The normalized spacial score (nSPS) is 14.0. The molecule has 2 aromatic heterocycles. The first-order chi connectivity index (χ1) is 16.5. The van der Waals surface area contributed by atoms with E-state index >= 15 is 0 Å². The van der Waals surface area contributed by atoms with E-state index in [1.807, 2.05) is 30.3 Å². The molecule has 1 aliphatic heterocycles. The summed E-state index contributed by atoms with van der Waals surface area (Å²) in [6.45, 7) is 6.22. The average molecular weight is 476 g/mol. The molecule has 8 heteroatoms. The summed E-state index contributed by atoms with van der Waals surface area (Å²) in [5.74, 6) is -0.0788. The van der Waals surface area contributed by atoms with E-state index < -0.39 is 0 Å². The molecule has 0 atom stereocenters. The monoisotopic (exact) mass is 475 g/mol. The third-order valence-electron chi connectivity index (χ3n) is 5.89. The van der Waals surface area contributed by atoms with Crippen LogP contribution in [0.2, 0.25) is 0 Å². The smallest absolute Gasteiger partial charge is 0.291 e. The van der Waals surface area contributed by atoms with Gasteiger partial charge in [-0.25, -0.2) is 4.98 Å². The first-order valence-electron chi connectivity index (χ1n) is 11.3. The molecule has 1 fully saturated rings. The standard InChI is InChI=1S/C26H25N3O4S/c1-16(2)17-7-9-18(10-8-17)25-27-20(15-34-25)24(30)28-22-19-5-3-4-6-21(19)33-23(22)26(31)29-11-13-32-14-12-29/h3-10,15-16H,11-14H2,1-2H3,(H,28,30). The van der Waals surface area contributed by atoms with Gasteiger partial charge in [-0.05, 0) is 23.6 Å². The van der Waals surface area contributed by atoms with Crippen LogP contribution in [0.3, 0.4) is 0 Å². The topological polar surface area (TPSA) is 84.7 Å².